The normalized spacial score (nSPS) is 11.4. The van der Waals surface area contributed by atoms with E-state index >= 15 is 0 Å². The average Bonchev–Trinajstić information content (AvgIpc) is 2.47. The third-order valence-electron chi connectivity index (χ3n) is 2.26. The molecule has 1 nitrogen and oxygen atoms in total. The third kappa shape index (κ3) is 1.62. The van der Waals surface area contributed by atoms with Gasteiger partial charge in [0.15, 0.2) is 0 Å². The van der Waals surface area contributed by atoms with Crippen LogP contribution in [0.15, 0.2) is 30.5 Å². The zero-order valence-electron chi connectivity index (χ0n) is 7.87. The molecule has 2 aromatic rings. The minimum absolute atomic E-state index is 0.229. The molecule has 2 rings (SSSR count). The van der Waals surface area contributed by atoms with Gasteiger partial charge in [0.05, 0.1) is 6.54 Å². The van der Waals surface area contributed by atoms with Crippen molar-refractivity contribution in [3.8, 4) is 0 Å². The second-order valence-corrected chi connectivity index (χ2v) is 3.42. The molecular formula is C11H11F2N. The van der Waals surface area contributed by atoms with Gasteiger partial charge < -0.3 is 4.57 Å². The summed E-state index contributed by atoms with van der Waals surface area (Å²) in [6.07, 6.45) is -0.595. The highest BCUT2D eigenvalue weighted by molar-refractivity contribution is 5.80. The molecule has 0 aliphatic rings. The van der Waals surface area contributed by atoms with Crippen molar-refractivity contribution in [2.45, 2.75) is 19.9 Å². The van der Waals surface area contributed by atoms with E-state index in [1.165, 1.54) is 0 Å². The fourth-order valence-electron chi connectivity index (χ4n) is 1.60. The van der Waals surface area contributed by atoms with Crippen molar-refractivity contribution < 1.29 is 8.78 Å². The molecule has 0 aliphatic carbocycles. The molecule has 0 N–H and O–H groups in total. The SMILES string of the molecule is Cc1ccc2ccn(CC(F)F)c2c1. The van der Waals surface area contributed by atoms with Crippen LogP contribution in [0.4, 0.5) is 8.78 Å². The molecule has 3 heteroatoms. The van der Waals surface area contributed by atoms with Gasteiger partial charge in [-0.05, 0) is 30.0 Å². The Bertz CT molecular complexity index is 445. The number of alkyl halides is 2. The molecular weight excluding hydrogens is 184 g/mol. The van der Waals surface area contributed by atoms with E-state index in [9.17, 15) is 8.78 Å². The van der Waals surface area contributed by atoms with E-state index < -0.39 is 6.43 Å². The predicted molar refractivity (Wildman–Crippen MR) is 52.7 cm³/mol. The average molecular weight is 195 g/mol. The molecule has 0 fully saturated rings. The van der Waals surface area contributed by atoms with Gasteiger partial charge in [-0.15, -0.1) is 0 Å². The molecule has 0 unspecified atom stereocenters. The van der Waals surface area contributed by atoms with E-state index in [1.54, 1.807) is 10.8 Å². The van der Waals surface area contributed by atoms with Gasteiger partial charge in [-0.3, -0.25) is 0 Å². The summed E-state index contributed by atoms with van der Waals surface area (Å²) in [5.41, 5.74) is 1.97. The second-order valence-electron chi connectivity index (χ2n) is 3.42. The van der Waals surface area contributed by atoms with Gasteiger partial charge >= 0.3 is 0 Å². The van der Waals surface area contributed by atoms with Crippen LogP contribution in [0.2, 0.25) is 0 Å². The molecule has 1 aromatic heterocycles. The number of rotatable bonds is 2. The molecule has 74 valence electrons. The first-order valence-electron chi connectivity index (χ1n) is 4.50. The summed E-state index contributed by atoms with van der Waals surface area (Å²) >= 11 is 0. The van der Waals surface area contributed by atoms with Crippen LogP contribution < -0.4 is 0 Å². The number of nitrogens with zero attached hydrogens (tertiary/aromatic N) is 1. The van der Waals surface area contributed by atoms with Gasteiger partial charge in [-0.2, -0.15) is 0 Å². The van der Waals surface area contributed by atoms with E-state index in [0.717, 1.165) is 16.5 Å². The Morgan fingerprint density at radius 1 is 1.29 bits per heavy atom. The largest absolute Gasteiger partial charge is 0.342 e. The summed E-state index contributed by atoms with van der Waals surface area (Å²) in [7, 11) is 0. The van der Waals surface area contributed by atoms with Crippen LogP contribution in [-0.2, 0) is 6.54 Å². The van der Waals surface area contributed by atoms with Gasteiger partial charge in [0.2, 0.25) is 0 Å². The Kier molecular flexibility index (Phi) is 2.23. The fraction of sp³-hybridized carbons (Fsp3) is 0.273. The Hall–Kier alpha value is -1.38. The monoisotopic (exact) mass is 195 g/mol. The Balaban J connectivity index is 2.50. The quantitative estimate of drug-likeness (QED) is 0.693. The van der Waals surface area contributed by atoms with Crippen molar-refractivity contribution >= 4 is 10.9 Å². The van der Waals surface area contributed by atoms with Crippen LogP contribution in [0.5, 0.6) is 0 Å². The van der Waals surface area contributed by atoms with E-state index in [2.05, 4.69) is 0 Å². The highest BCUT2D eigenvalue weighted by atomic mass is 19.3. The van der Waals surface area contributed by atoms with Crippen LogP contribution in [0.1, 0.15) is 5.56 Å². The van der Waals surface area contributed by atoms with E-state index in [1.807, 2.05) is 31.2 Å². The summed E-state index contributed by atoms with van der Waals surface area (Å²) in [5, 5.41) is 1.01. The number of hydrogen-bond donors (Lipinski definition) is 0. The Morgan fingerprint density at radius 2 is 2.07 bits per heavy atom. The molecule has 0 bridgehead atoms. The first-order valence-corrected chi connectivity index (χ1v) is 4.50. The number of aromatic nitrogens is 1. The van der Waals surface area contributed by atoms with E-state index in [0.29, 0.717) is 0 Å². The topological polar surface area (TPSA) is 4.93 Å². The maximum Gasteiger partial charge on any atom is 0.256 e. The number of halogens is 2. The first kappa shape index (κ1) is 9.19. The molecule has 0 amide bonds. The highest BCUT2D eigenvalue weighted by Gasteiger charge is 2.06. The smallest absolute Gasteiger partial charge is 0.256 e. The zero-order chi connectivity index (χ0) is 10.1. The van der Waals surface area contributed by atoms with Gasteiger partial charge in [-0.1, -0.05) is 12.1 Å². The first-order chi connectivity index (χ1) is 6.66. The van der Waals surface area contributed by atoms with Crippen molar-refractivity contribution in [3.05, 3.63) is 36.0 Å². The molecule has 0 saturated heterocycles. The van der Waals surface area contributed by atoms with Crippen LogP contribution in [0, 0.1) is 6.92 Å². The van der Waals surface area contributed by atoms with Crippen molar-refractivity contribution in [2.75, 3.05) is 0 Å². The highest BCUT2D eigenvalue weighted by Crippen LogP contribution is 2.18. The standard InChI is InChI=1S/C11H11F2N/c1-8-2-3-9-4-5-14(7-11(12)13)10(9)6-8/h2-6,11H,7H2,1H3. The zero-order valence-corrected chi connectivity index (χ0v) is 7.87. The van der Waals surface area contributed by atoms with Gasteiger partial charge in [0.25, 0.3) is 6.43 Å². The lowest BCUT2D eigenvalue weighted by Crippen LogP contribution is -2.04. The summed E-state index contributed by atoms with van der Waals surface area (Å²) in [5.74, 6) is 0. The van der Waals surface area contributed by atoms with Gasteiger partial charge in [-0.25, -0.2) is 8.78 Å². The number of aryl methyl sites for hydroxylation is 1. The lowest BCUT2D eigenvalue weighted by molar-refractivity contribution is 0.128. The molecule has 0 spiro atoms. The molecule has 1 heterocycles. The molecule has 0 saturated carbocycles. The number of benzene rings is 1. The maximum absolute atomic E-state index is 12.2. The molecule has 1 aromatic carbocycles. The minimum Gasteiger partial charge on any atom is -0.342 e. The second kappa shape index (κ2) is 3.40. The summed E-state index contributed by atoms with van der Waals surface area (Å²) in [4.78, 5) is 0. The summed E-state index contributed by atoms with van der Waals surface area (Å²) < 4.78 is 26.0. The lowest BCUT2D eigenvalue weighted by atomic mass is 10.2. The lowest BCUT2D eigenvalue weighted by Gasteiger charge is -2.04. The van der Waals surface area contributed by atoms with Crippen LogP contribution >= 0.6 is 0 Å². The predicted octanol–water partition coefficient (Wildman–Crippen LogP) is 3.21. The van der Waals surface area contributed by atoms with Crippen molar-refractivity contribution in [3.63, 3.8) is 0 Å². The molecule has 0 atom stereocenters. The van der Waals surface area contributed by atoms with E-state index in [4.69, 9.17) is 0 Å². The Morgan fingerprint density at radius 3 is 2.79 bits per heavy atom. The molecule has 14 heavy (non-hydrogen) atoms. The molecule has 0 aliphatic heterocycles. The summed E-state index contributed by atoms with van der Waals surface area (Å²) in [6, 6.07) is 7.72. The van der Waals surface area contributed by atoms with Gasteiger partial charge in [0.1, 0.15) is 0 Å². The Labute approximate surface area is 81.0 Å². The van der Waals surface area contributed by atoms with Gasteiger partial charge in [0, 0.05) is 11.7 Å². The maximum atomic E-state index is 12.2. The third-order valence-corrected chi connectivity index (χ3v) is 2.26. The van der Waals surface area contributed by atoms with Crippen LogP contribution in [0.25, 0.3) is 10.9 Å². The van der Waals surface area contributed by atoms with Crippen molar-refractivity contribution in [2.24, 2.45) is 0 Å². The van der Waals surface area contributed by atoms with Crippen molar-refractivity contribution in [1.29, 1.82) is 0 Å². The number of fused-ring (bicyclic) bond motifs is 1. The van der Waals surface area contributed by atoms with E-state index in [-0.39, 0.29) is 6.54 Å². The van der Waals surface area contributed by atoms with Crippen LogP contribution in [0.3, 0.4) is 0 Å². The van der Waals surface area contributed by atoms with Crippen LogP contribution in [-0.4, -0.2) is 11.0 Å². The number of hydrogen-bond acceptors (Lipinski definition) is 0. The minimum atomic E-state index is -2.30. The summed E-state index contributed by atoms with van der Waals surface area (Å²) in [6.45, 7) is 1.73. The molecule has 0 radical (unpaired) electrons. The fourth-order valence-corrected chi connectivity index (χ4v) is 1.60. The van der Waals surface area contributed by atoms with Crippen molar-refractivity contribution in [1.82, 2.24) is 4.57 Å².